The number of hydrogen-bond acceptors (Lipinski definition) is 7. The van der Waals surface area contributed by atoms with Crippen LogP contribution in [0.5, 0.6) is 5.75 Å². The van der Waals surface area contributed by atoms with Crippen LogP contribution < -0.4 is 20.5 Å². The Morgan fingerprint density at radius 2 is 2.20 bits per heavy atom. The maximum Gasteiger partial charge on any atom is 0.267 e. The number of para-hydroxylation sites is 2. The summed E-state index contributed by atoms with van der Waals surface area (Å²) in [6.45, 7) is 4.04. The molecule has 0 amide bonds. The van der Waals surface area contributed by atoms with Crippen molar-refractivity contribution in [3.8, 4) is 5.75 Å². The Labute approximate surface area is 200 Å². The predicted molar refractivity (Wildman–Crippen MR) is 136 cm³/mol. The number of hydrogen-bond donors (Lipinski definition) is 2. The van der Waals surface area contributed by atoms with Crippen LogP contribution >= 0.6 is 0 Å². The fraction of sp³-hybridized carbons (Fsp3) is 0.200. The van der Waals surface area contributed by atoms with Crippen LogP contribution in [0, 0.1) is 0 Å². The van der Waals surface area contributed by atoms with Crippen molar-refractivity contribution >= 4 is 39.3 Å². The standard InChI is InChI=1S/C25H24FN7O2/c1-3-4-7-16(10-11-26)33-23-18(22-19(24(33)34)14-29-31-22)13-28-25(30-23)27-12-17-15-32(2)20-8-5-6-9-21(20)35-17/h3-10,13-14,17H,1,11-12,15H2,2H3,(H,29,31)(H,27,28,30)/b7-4-,16-10+. The highest BCUT2D eigenvalue weighted by Gasteiger charge is 2.23. The Morgan fingerprint density at radius 1 is 1.34 bits per heavy atom. The second-order valence-electron chi connectivity index (χ2n) is 8.08. The first kappa shape index (κ1) is 22.3. The van der Waals surface area contributed by atoms with E-state index in [2.05, 4.69) is 37.0 Å². The molecule has 5 rings (SSSR count). The first-order valence-corrected chi connectivity index (χ1v) is 11.1. The van der Waals surface area contributed by atoms with E-state index in [0.717, 1.165) is 11.4 Å². The summed E-state index contributed by atoms with van der Waals surface area (Å²) < 4.78 is 20.8. The smallest absolute Gasteiger partial charge is 0.267 e. The lowest BCUT2D eigenvalue weighted by Crippen LogP contribution is -2.41. The molecule has 0 saturated heterocycles. The molecule has 178 valence electrons. The highest BCUT2D eigenvalue weighted by atomic mass is 19.1. The van der Waals surface area contributed by atoms with Gasteiger partial charge in [0.2, 0.25) is 5.95 Å². The number of rotatable bonds is 7. The number of pyridine rings is 1. The maximum atomic E-state index is 13.4. The van der Waals surface area contributed by atoms with E-state index >= 15 is 0 Å². The van der Waals surface area contributed by atoms with Gasteiger partial charge in [0.25, 0.3) is 5.56 Å². The topological polar surface area (TPSA) is 101 Å². The highest BCUT2D eigenvalue weighted by molar-refractivity contribution is 6.02. The second-order valence-corrected chi connectivity index (χ2v) is 8.08. The van der Waals surface area contributed by atoms with Gasteiger partial charge in [-0.1, -0.05) is 30.9 Å². The van der Waals surface area contributed by atoms with Gasteiger partial charge in [-0.3, -0.25) is 14.5 Å². The number of allylic oxidation sites excluding steroid dienone is 5. The lowest BCUT2D eigenvalue weighted by molar-refractivity contribution is 0.208. The van der Waals surface area contributed by atoms with Gasteiger partial charge in [-0.05, 0) is 24.3 Å². The molecule has 0 aliphatic carbocycles. The number of fused-ring (bicyclic) bond motifs is 4. The molecule has 9 nitrogen and oxygen atoms in total. The van der Waals surface area contributed by atoms with Gasteiger partial charge in [-0.25, -0.2) is 9.37 Å². The average molecular weight is 474 g/mol. The van der Waals surface area contributed by atoms with E-state index in [1.165, 1.54) is 16.8 Å². The van der Waals surface area contributed by atoms with Crippen molar-refractivity contribution in [3.63, 3.8) is 0 Å². The lowest BCUT2D eigenvalue weighted by atomic mass is 10.2. The second kappa shape index (κ2) is 9.41. The number of aromatic amines is 1. The number of halogens is 1. The Bertz CT molecular complexity index is 1520. The zero-order valence-electron chi connectivity index (χ0n) is 19.1. The third-order valence-electron chi connectivity index (χ3n) is 5.81. The van der Waals surface area contributed by atoms with Crippen LogP contribution in [-0.4, -0.2) is 57.6 Å². The van der Waals surface area contributed by atoms with E-state index in [1.54, 1.807) is 24.4 Å². The number of ether oxygens (including phenoxy) is 1. The van der Waals surface area contributed by atoms with Crippen LogP contribution in [-0.2, 0) is 0 Å². The van der Waals surface area contributed by atoms with Crippen molar-refractivity contribution in [2.75, 3.05) is 37.0 Å². The molecule has 0 fully saturated rings. The van der Waals surface area contributed by atoms with Gasteiger partial charge in [0.1, 0.15) is 18.5 Å². The van der Waals surface area contributed by atoms with Gasteiger partial charge >= 0.3 is 0 Å². The molecule has 1 aliphatic rings. The Balaban J connectivity index is 1.52. The van der Waals surface area contributed by atoms with Gasteiger partial charge in [-0.15, -0.1) is 0 Å². The number of alkyl halides is 1. The first-order valence-electron chi connectivity index (χ1n) is 11.1. The molecule has 35 heavy (non-hydrogen) atoms. The SMILES string of the molecule is C=C/C=C\C(=C/CF)n1c(=O)c2cn[nH]c2c2cnc(NCC3CN(C)c4ccccc4O3)nc21. The summed E-state index contributed by atoms with van der Waals surface area (Å²) >= 11 is 0. The number of nitrogens with one attached hydrogen (secondary N) is 2. The van der Waals surface area contributed by atoms with Crippen molar-refractivity contribution in [3.05, 3.63) is 77.9 Å². The number of nitrogens with zero attached hydrogens (tertiary/aromatic N) is 5. The third kappa shape index (κ3) is 4.14. The van der Waals surface area contributed by atoms with Crippen LogP contribution in [0.3, 0.4) is 0 Å². The quantitative estimate of drug-likeness (QED) is 0.396. The molecule has 2 N–H and O–H groups in total. The molecule has 1 aliphatic heterocycles. The van der Waals surface area contributed by atoms with Crippen molar-refractivity contribution in [1.29, 1.82) is 0 Å². The maximum absolute atomic E-state index is 13.4. The number of H-pyrrole nitrogens is 1. The highest BCUT2D eigenvalue weighted by Crippen LogP contribution is 2.32. The summed E-state index contributed by atoms with van der Waals surface area (Å²) in [5.41, 5.74) is 1.86. The van der Waals surface area contributed by atoms with Crippen LogP contribution in [0.2, 0.25) is 0 Å². The Kier molecular flexibility index (Phi) is 6.01. The zero-order valence-corrected chi connectivity index (χ0v) is 19.1. The monoisotopic (exact) mass is 473 g/mol. The summed E-state index contributed by atoms with van der Waals surface area (Å²) in [7, 11) is 2.02. The molecule has 0 radical (unpaired) electrons. The van der Waals surface area contributed by atoms with Crippen molar-refractivity contribution in [2.45, 2.75) is 6.10 Å². The summed E-state index contributed by atoms with van der Waals surface area (Å²) in [4.78, 5) is 24.5. The molecule has 4 heterocycles. The molecule has 10 heteroatoms. The minimum Gasteiger partial charge on any atom is -0.485 e. The van der Waals surface area contributed by atoms with E-state index in [1.807, 2.05) is 31.3 Å². The molecule has 1 atom stereocenters. The largest absolute Gasteiger partial charge is 0.485 e. The van der Waals surface area contributed by atoms with Gasteiger partial charge < -0.3 is 15.0 Å². The molecule has 3 aromatic heterocycles. The van der Waals surface area contributed by atoms with E-state index in [0.29, 0.717) is 46.7 Å². The minimum absolute atomic E-state index is 0.135. The molecular formula is C25H24FN7O2. The Morgan fingerprint density at radius 3 is 3.03 bits per heavy atom. The van der Waals surface area contributed by atoms with Crippen LogP contribution in [0.25, 0.3) is 27.6 Å². The van der Waals surface area contributed by atoms with E-state index in [4.69, 9.17) is 4.74 Å². The predicted octanol–water partition coefficient (Wildman–Crippen LogP) is 3.53. The number of likely N-dealkylation sites (N-methyl/N-ethyl adjacent to an activating group) is 1. The van der Waals surface area contributed by atoms with Gasteiger partial charge in [0.05, 0.1) is 41.3 Å². The van der Waals surface area contributed by atoms with Crippen molar-refractivity contribution in [1.82, 2.24) is 24.7 Å². The zero-order chi connectivity index (χ0) is 24.4. The van der Waals surface area contributed by atoms with Crippen LogP contribution in [0.1, 0.15) is 0 Å². The van der Waals surface area contributed by atoms with Gasteiger partial charge in [0, 0.05) is 18.9 Å². The molecule has 0 bridgehead atoms. The molecule has 4 aromatic rings. The summed E-state index contributed by atoms with van der Waals surface area (Å²) in [6, 6.07) is 7.87. The third-order valence-corrected chi connectivity index (χ3v) is 5.81. The first-order chi connectivity index (χ1) is 17.1. The summed E-state index contributed by atoms with van der Waals surface area (Å²) in [5, 5.41) is 11.0. The van der Waals surface area contributed by atoms with E-state index < -0.39 is 6.67 Å². The number of benzene rings is 1. The lowest BCUT2D eigenvalue weighted by Gasteiger charge is -2.33. The van der Waals surface area contributed by atoms with Gasteiger partial charge in [-0.2, -0.15) is 10.1 Å². The fourth-order valence-corrected chi connectivity index (χ4v) is 4.20. The molecular weight excluding hydrogens is 449 g/mol. The molecule has 1 aromatic carbocycles. The number of anilines is 2. The van der Waals surface area contributed by atoms with Crippen molar-refractivity contribution in [2.24, 2.45) is 0 Å². The van der Waals surface area contributed by atoms with Gasteiger partial charge in [0.15, 0.2) is 5.65 Å². The summed E-state index contributed by atoms with van der Waals surface area (Å²) in [6.07, 6.45) is 9.03. The minimum atomic E-state index is -0.752. The van der Waals surface area contributed by atoms with Crippen LogP contribution in [0.15, 0.2) is 72.3 Å². The Hall–Kier alpha value is -4.47. The summed E-state index contributed by atoms with van der Waals surface area (Å²) in [5.74, 6) is 1.14. The molecule has 1 unspecified atom stereocenters. The molecule has 0 saturated carbocycles. The normalized spacial score (nSPS) is 16.0. The molecule has 0 spiro atoms. The van der Waals surface area contributed by atoms with E-state index in [9.17, 15) is 9.18 Å². The number of aromatic nitrogens is 5. The van der Waals surface area contributed by atoms with Crippen molar-refractivity contribution < 1.29 is 9.13 Å². The van der Waals surface area contributed by atoms with E-state index in [-0.39, 0.29) is 11.7 Å². The fourth-order valence-electron chi connectivity index (χ4n) is 4.20. The van der Waals surface area contributed by atoms with Crippen LogP contribution in [0.4, 0.5) is 16.0 Å². The average Bonchev–Trinajstić information content (AvgIpc) is 3.37.